The third-order valence-corrected chi connectivity index (χ3v) is 4.55. The fraction of sp³-hybridized carbons (Fsp3) is 0.412. The van der Waals surface area contributed by atoms with Gasteiger partial charge in [-0.1, -0.05) is 0 Å². The van der Waals surface area contributed by atoms with Crippen LogP contribution in [-0.4, -0.2) is 35.4 Å². The number of H-pyrrole nitrogens is 1. The molecule has 1 aromatic carbocycles. The molecule has 2 aliphatic rings. The Morgan fingerprint density at radius 2 is 2.08 bits per heavy atom. The topological polar surface area (TPSA) is 67.5 Å². The van der Waals surface area contributed by atoms with Crippen LogP contribution >= 0.6 is 0 Å². The molecule has 0 bridgehead atoms. The molecule has 4 rings (SSSR count). The molecule has 0 spiro atoms. The van der Waals surface area contributed by atoms with Crippen LogP contribution in [0.1, 0.15) is 41.7 Å². The molecule has 0 fully saturated rings. The second kappa shape index (κ2) is 5.80. The normalized spacial score (nSPS) is 22.2. The monoisotopic (exact) mass is 349 g/mol. The Kier molecular flexibility index (Phi) is 3.72. The number of aromatic amines is 1. The van der Waals surface area contributed by atoms with Crippen molar-refractivity contribution in [1.29, 1.82) is 0 Å². The number of hydrogen-bond acceptors (Lipinski definition) is 4. The molecular weight excluding hydrogens is 332 g/mol. The summed E-state index contributed by atoms with van der Waals surface area (Å²) in [5, 5.41) is 7.04. The van der Waals surface area contributed by atoms with E-state index in [0.29, 0.717) is 6.42 Å². The Bertz CT molecular complexity index is 852. The summed E-state index contributed by atoms with van der Waals surface area (Å²) in [4.78, 5) is 14.4. The van der Waals surface area contributed by atoms with E-state index >= 15 is 0 Å². The summed E-state index contributed by atoms with van der Waals surface area (Å²) >= 11 is 0. The summed E-state index contributed by atoms with van der Waals surface area (Å²) < 4.78 is 38.2. The standard InChI is InChI=1S/C17H17F2N3O3/c1-8-5-10-15(9(2)25-8)20-21-16(10)17(23)22-3-4-24-14-7-12(19)11(18)6-13(14)22/h6-9H,3-5H2,1-2H3,(H,20,21)/t8-,9+/m1/s1. The Morgan fingerprint density at radius 3 is 2.88 bits per heavy atom. The first-order chi connectivity index (χ1) is 12.0. The number of amides is 1. The van der Waals surface area contributed by atoms with E-state index in [0.717, 1.165) is 23.4 Å². The molecule has 2 aromatic rings. The minimum Gasteiger partial charge on any atom is -0.489 e. The third-order valence-electron chi connectivity index (χ3n) is 4.55. The van der Waals surface area contributed by atoms with Gasteiger partial charge in [0, 0.05) is 24.1 Å². The molecular formula is C17H17F2N3O3. The van der Waals surface area contributed by atoms with Crippen LogP contribution < -0.4 is 9.64 Å². The van der Waals surface area contributed by atoms with Gasteiger partial charge in [0.05, 0.1) is 30.1 Å². The molecule has 132 valence electrons. The van der Waals surface area contributed by atoms with E-state index in [-0.39, 0.29) is 48.4 Å². The zero-order valence-corrected chi connectivity index (χ0v) is 13.8. The fourth-order valence-electron chi connectivity index (χ4n) is 3.40. The number of anilines is 1. The van der Waals surface area contributed by atoms with Gasteiger partial charge in [-0.15, -0.1) is 0 Å². The van der Waals surface area contributed by atoms with Crippen molar-refractivity contribution in [3.63, 3.8) is 0 Å². The number of rotatable bonds is 1. The van der Waals surface area contributed by atoms with Crippen molar-refractivity contribution in [2.45, 2.75) is 32.5 Å². The van der Waals surface area contributed by atoms with Gasteiger partial charge in [-0.25, -0.2) is 8.78 Å². The summed E-state index contributed by atoms with van der Waals surface area (Å²) in [5.41, 5.74) is 2.08. The van der Waals surface area contributed by atoms with Crippen molar-refractivity contribution >= 4 is 11.6 Å². The number of ether oxygens (including phenoxy) is 2. The number of carbonyl (C=O) groups excluding carboxylic acids is 1. The highest BCUT2D eigenvalue weighted by Gasteiger charge is 2.34. The summed E-state index contributed by atoms with van der Waals surface area (Å²) in [7, 11) is 0. The second-order valence-electron chi connectivity index (χ2n) is 6.30. The van der Waals surface area contributed by atoms with Crippen molar-refractivity contribution in [1.82, 2.24) is 10.2 Å². The maximum Gasteiger partial charge on any atom is 0.279 e. The number of halogens is 2. The van der Waals surface area contributed by atoms with E-state index in [2.05, 4.69) is 10.2 Å². The van der Waals surface area contributed by atoms with E-state index < -0.39 is 11.6 Å². The number of carbonyl (C=O) groups is 1. The lowest BCUT2D eigenvalue weighted by Gasteiger charge is -2.30. The zero-order chi connectivity index (χ0) is 17.7. The van der Waals surface area contributed by atoms with Gasteiger partial charge in [-0.2, -0.15) is 5.10 Å². The lowest BCUT2D eigenvalue weighted by molar-refractivity contribution is -0.00696. The van der Waals surface area contributed by atoms with E-state index in [9.17, 15) is 13.6 Å². The van der Waals surface area contributed by atoms with Crippen LogP contribution in [0.5, 0.6) is 5.75 Å². The highest BCUT2D eigenvalue weighted by atomic mass is 19.2. The van der Waals surface area contributed by atoms with Gasteiger partial charge >= 0.3 is 0 Å². The number of nitrogens with zero attached hydrogens (tertiary/aromatic N) is 2. The molecule has 0 aliphatic carbocycles. The average Bonchev–Trinajstić information content (AvgIpc) is 2.99. The number of nitrogens with one attached hydrogen (secondary N) is 1. The van der Waals surface area contributed by atoms with Crippen LogP contribution in [0.4, 0.5) is 14.5 Å². The van der Waals surface area contributed by atoms with E-state index in [4.69, 9.17) is 9.47 Å². The van der Waals surface area contributed by atoms with Gasteiger partial charge in [-0.05, 0) is 13.8 Å². The first-order valence-corrected chi connectivity index (χ1v) is 8.12. The molecule has 0 unspecified atom stereocenters. The Labute approximate surface area is 142 Å². The first kappa shape index (κ1) is 16.0. The van der Waals surface area contributed by atoms with Crippen molar-refractivity contribution in [3.8, 4) is 5.75 Å². The second-order valence-corrected chi connectivity index (χ2v) is 6.30. The molecule has 25 heavy (non-hydrogen) atoms. The molecule has 3 heterocycles. The molecule has 1 amide bonds. The molecule has 8 heteroatoms. The summed E-state index contributed by atoms with van der Waals surface area (Å²) in [6.45, 7) is 4.26. The van der Waals surface area contributed by atoms with Crippen LogP contribution in [0.3, 0.4) is 0 Å². The molecule has 0 saturated heterocycles. The Hall–Kier alpha value is -2.48. The van der Waals surface area contributed by atoms with Gasteiger partial charge in [-0.3, -0.25) is 14.8 Å². The van der Waals surface area contributed by atoms with E-state index in [1.807, 2.05) is 13.8 Å². The fourth-order valence-corrected chi connectivity index (χ4v) is 3.40. The minimum absolute atomic E-state index is 0.0323. The number of hydrogen-bond donors (Lipinski definition) is 1. The molecule has 6 nitrogen and oxygen atoms in total. The maximum atomic E-state index is 13.7. The summed E-state index contributed by atoms with van der Waals surface area (Å²) in [5.74, 6) is -2.26. The van der Waals surface area contributed by atoms with Crippen LogP contribution in [0.2, 0.25) is 0 Å². The molecule has 2 atom stereocenters. The SMILES string of the molecule is C[C@@H]1Cc2c(C(=O)N3CCOc4cc(F)c(F)cc43)n[nH]c2[C@H](C)O1. The number of benzene rings is 1. The maximum absolute atomic E-state index is 13.7. The third kappa shape index (κ3) is 2.57. The predicted octanol–water partition coefficient (Wildman–Crippen LogP) is 2.75. The Morgan fingerprint density at radius 1 is 1.32 bits per heavy atom. The quantitative estimate of drug-likeness (QED) is 0.860. The van der Waals surface area contributed by atoms with Gasteiger partial charge in [0.1, 0.15) is 12.4 Å². The van der Waals surface area contributed by atoms with Crippen molar-refractivity contribution in [2.24, 2.45) is 0 Å². The van der Waals surface area contributed by atoms with Crippen molar-refractivity contribution < 1.29 is 23.0 Å². The van der Waals surface area contributed by atoms with Crippen molar-refractivity contribution in [3.05, 3.63) is 40.7 Å². The molecule has 1 N–H and O–H groups in total. The van der Waals surface area contributed by atoms with Crippen molar-refractivity contribution in [2.75, 3.05) is 18.1 Å². The lowest BCUT2D eigenvalue weighted by Crippen LogP contribution is -2.39. The first-order valence-electron chi connectivity index (χ1n) is 8.12. The van der Waals surface area contributed by atoms with E-state index in [1.54, 1.807) is 0 Å². The van der Waals surface area contributed by atoms with Crippen LogP contribution in [0.25, 0.3) is 0 Å². The van der Waals surface area contributed by atoms with Gasteiger partial charge in [0.15, 0.2) is 17.3 Å². The number of fused-ring (bicyclic) bond motifs is 2. The minimum atomic E-state index is -1.03. The van der Waals surface area contributed by atoms with Crippen LogP contribution in [0.15, 0.2) is 12.1 Å². The summed E-state index contributed by atoms with van der Waals surface area (Å²) in [6, 6.07) is 1.94. The lowest BCUT2D eigenvalue weighted by atomic mass is 9.99. The van der Waals surface area contributed by atoms with Gasteiger partial charge in [0.25, 0.3) is 5.91 Å². The van der Waals surface area contributed by atoms with Gasteiger partial charge in [0.2, 0.25) is 0 Å². The summed E-state index contributed by atoms with van der Waals surface area (Å²) in [6.07, 6.45) is 0.346. The molecule has 1 aromatic heterocycles. The zero-order valence-electron chi connectivity index (χ0n) is 13.8. The molecule has 0 radical (unpaired) electrons. The molecule has 0 saturated carbocycles. The highest BCUT2D eigenvalue weighted by Crippen LogP contribution is 2.36. The Balaban J connectivity index is 1.74. The highest BCUT2D eigenvalue weighted by molar-refractivity contribution is 6.07. The average molecular weight is 349 g/mol. The molecule has 2 aliphatic heterocycles. The van der Waals surface area contributed by atoms with Gasteiger partial charge < -0.3 is 9.47 Å². The number of aromatic nitrogens is 2. The van der Waals surface area contributed by atoms with E-state index in [1.165, 1.54) is 4.90 Å². The van der Waals surface area contributed by atoms with Crippen LogP contribution in [0, 0.1) is 11.6 Å². The smallest absolute Gasteiger partial charge is 0.279 e. The van der Waals surface area contributed by atoms with Crippen LogP contribution in [-0.2, 0) is 11.2 Å². The predicted molar refractivity (Wildman–Crippen MR) is 84.8 cm³/mol. The largest absolute Gasteiger partial charge is 0.489 e.